The molecule has 1 amide bonds. The van der Waals surface area contributed by atoms with Crippen LogP contribution in [0.3, 0.4) is 0 Å². The van der Waals surface area contributed by atoms with Crippen molar-refractivity contribution in [3.63, 3.8) is 0 Å². The average molecular weight is 365 g/mol. The zero-order chi connectivity index (χ0) is 16.3. The molecule has 2 rings (SSSR count). The summed E-state index contributed by atoms with van der Waals surface area (Å²) in [6, 6.07) is 3.36. The number of halogens is 2. The van der Waals surface area contributed by atoms with Crippen LogP contribution in [0.25, 0.3) is 0 Å². The topological polar surface area (TPSA) is 83.6 Å². The van der Waals surface area contributed by atoms with Crippen LogP contribution in [-0.2, 0) is 19.6 Å². The normalized spacial score (nSPS) is 20.5. The number of hydrogen-bond donors (Lipinski definition) is 1. The molecule has 1 aliphatic heterocycles. The minimum Gasteiger partial charge on any atom is -0.349 e. The summed E-state index contributed by atoms with van der Waals surface area (Å²) in [6.45, 7) is -0.0839. The number of benzene rings is 1. The van der Waals surface area contributed by atoms with Crippen LogP contribution in [0.1, 0.15) is 12.8 Å². The molecule has 0 aliphatic carbocycles. The highest BCUT2D eigenvalue weighted by Crippen LogP contribution is 2.27. The average Bonchev–Trinajstić information content (AvgIpc) is 2.65. The van der Waals surface area contributed by atoms with Gasteiger partial charge in [0.25, 0.3) is 0 Å². The Labute approximate surface area is 138 Å². The van der Waals surface area contributed by atoms with Gasteiger partial charge in [-0.2, -0.15) is 4.31 Å². The summed E-state index contributed by atoms with van der Waals surface area (Å²) >= 11 is 11.6. The Kier molecular flexibility index (Phi) is 5.44. The van der Waals surface area contributed by atoms with Gasteiger partial charge in [-0.25, -0.2) is 8.42 Å². The quantitative estimate of drug-likeness (QED) is 0.819. The van der Waals surface area contributed by atoms with E-state index >= 15 is 0 Å². The van der Waals surface area contributed by atoms with Crippen LogP contribution in [0.5, 0.6) is 0 Å². The van der Waals surface area contributed by atoms with Crippen molar-refractivity contribution < 1.29 is 18.0 Å². The fourth-order valence-electron chi connectivity index (χ4n) is 2.25. The largest absolute Gasteiger partial charge is 0.349 e. The number of rotatable bonds is 4. The number of carbonyl (C=O) groups excluding carboxylic acids is 2. The Morgan fingerprint density at radius 1 is 1.27 bits per heavy atom. The van der Waals surface area contributed by atoms with Crippen LogP contribution in [-0.4, -0.2) is 44.0 Å². The molecule has 0 aromatic heterocycles. The summed E-state index contributed by atoms with van der Waals surface area (Å²) in [5.74, 6) is -0.340. The van der Waals surface area contributed by atoms with E-state index in [1.807, 2.05) is 0 Å². The monoisotopic (exact) mass is 364 g/mol. The van der Waals surface area contributed by atoms with E-state index in [4.69, 9.17) is 23.2 Å². The lowest BCUT2D eigenvalue weighted by atomic mass is 10.1. The van der Waals surface area contributed by atoms with E-state index in [2.05, 4.69) is 5.32 Å². The van der Waals surface area contributed by atoms with Crippen molar-refractivity contribution in [3.8, 4) is 0 Å². The smallest absolute Gasteiger partial charge is 0.243 e. The first-order chi connectivity index (χ1) is 10.4. The summed E-state index contributed by atoms with van der Waals surface area (Å²) in [5, 5.41) is 2.79. The molecular formula is C13H14Cl2N2O4S. The summed E-state index contributed by atoms with van der Waals surface area (Å²) in [4.78, 5) is 22.5. The molecule has 6 nitrogen and oxygen atoms in total. The Morgan fingerprint density at radius 3 is 2.64 bits per heavy atom. The fraction of sp³-hybridized carbons (Fsp3) is 0.385. The molecule has 0 spiro atoms. The van der Waals surface area contributed by atoms with E-state index in [1.165, 1.54) is 18.2 Å². The van der Waals surface area contributed by atoms with Gasteiger partial charge in [-0.1, -0.05) is 23.2 Å². The summed E-state index contributed by atoms with van der Waals surface area (Å²) in [5.41, 5.74) is 0. The number of amides is 1. The van der Waals surface area contributed by atoms with Crippen molar-refractivity contribution in [2.24, 2.45) is 0 Å². The number of nitrogens with one attached hydrogen (secondary N) is 1. The van der Waals surface area contributed by atoms with E-state index in [9.17, 15) is 18.0 Å². The highest BCUT2D eigenvalue weighted by molar-refractivity contribution is 7.89. The van der Waals surface area contributed by atoms with E-state index in [1.54, 1.807) is 0 Å². The van der Waals surface area contributed by atoms with Crippen LogP contribution in [0.4, 0.5) is 0 Å². The molecule has 0 saturated carbocycles. The van der Waals surface area contributed by atoms with Crippen molar-refractivity contribution in [2.75, 3.05) is 13.1 Å². The molecule has 9 heteroatoms. The Morgan fingerprint density at radius 2 is 2.00 bits per heavy atom. The van der Waals surface area contributed by atoms with Gasteiger partial charge in [0.2, 0.25) is 16.4 Å². The highest BCUT2D eigenvalue weighted by Gasteiger charge is 2.32. The first-order valence-corrected chi connectivity index (χ1v) is 8.73. The molecule has 22 heavy (non-hydrogen) atoms. The third-order valence-electron chi connectivity index (χ3n) is 3.42. The Balaban J connectivity index is 2.27. The number of nitrogens with zero attached hydrogens (tertiary/aromatic N) is 1. The second-order valence-electron chi connectivity index (χ2n) is 4.86. The molecule has 120 valence electrons. The van der Waals surface area contributed by atoms with Crippen LogP contribution in [0, 0.1) is 0 Å². The molecule has 1 fully saturated rings. The van der Waals surface area contributed by atoms with Gasteiger partial charge < -0.3 is 5.32 Å². The van der Waals surface area contributed by atoms with E-state index in [-0.39, 0.29) is 33.8 Å². The summed E-state index contributed by atoms with van der Waals surface area (Å²) in [7, 11) is -3.84. The van der Waals surface area contributed by atoms with Gasteiger partial charge in [-0.05, 0) is 31.0 Å². The molecule has 1 heterocycles. The van der Waals surface area contributed by atoms with Gasteiger partial charge in [-0.3, -0.25) is 9.59 Å². The molecule has 0 bridgehead atoms. The van der Waals surface area contributed by atoms with Crippen LogP contribution in [0.2, 0.25) is 10.0 Å². The number of ketones is 1. The third-order valence-corrected chi connectivity index (χ3v) is 6.00. The number of Topliss-reactive ketones (excluding diaryl/α,β-unsaturated/α-hetero) is 1. The minimum absolute atomic E-state index is 0.0171. The van der Waals surface area contributed by atoms with Crippen molar-refractivity contribution in [1.29, 1.82) is 0 Å². The van der Waals surface area contributed by atoms with Gasteiger partial charge in [-0.15, -0.1) is 0 Å². The molecule has 0 radical (unpaired) electrons. The zero-order valence-corrected chi connectivity index (χ0v) is 13.8. The van der Waals surface area contributed by atoms with Crippen molar-refractivity contribution in [1.82, 2.24) is 9.62 Å². The lowest BCUT2D eigenvalue weighted by Gasteiger charge is -2.19. The predicted molar refractivity (Wildman–Crippen MR) is 82.4 cm³/mol. The maximum absolute atomic E-state index is 12.6. The molecule has 1 N–H and O–H groups in total. The SMILES string of the molecule is O=CNC1CCCN(S(=O)(=O)c2ccc(Cl)c(Cl)c2)CC1=O. The van der Waals surface area contributed by atoms with E-state index < -0.39 is 16.1 Å². The molecule has 1 saturated heterocycles. The molecule has 1 aliphatic rings. The van der Waals surface area contributed by atoms with Crippen molar-refractivity contribution >= 4 is 45.4 Å². The third kappa shape index (κ3) is 3.60. The standard InChI is InChI=1S/C13H14Cl2N2O4S/c14-10-4-3-9(6-11(10)15)22(20,21)17-5-1-2-12(16-8-18)13(19)7-17/h3-4,6,8,12H,1-2,5,7H2,(H,16,18). The lowest BCUT2D eigenvalue weighted by molar-refractivity contribution is -0.123. The highest BCUT2D eigenvalue weighted by atomic mass is 35.5. The predicted octanol–water partition coefficient (Wildman–Crippen LogP) is 1.46. The second-order valence-corrected chi connectivity index (χ2v) is 7.61. The first-order valence-electron chi connectivity index (χ1n) is 6.54. The second kappa shape index (κ2) is 6.95. The molecule has 1 atom stereocenters. The summed E-state index contributed by atoms with van der Waals surface area (Å²) in [6.07, 6.45) is 1.33. The van der Waals surface area contributed by atoms with Gasteiger partial charge in [0, 0.05) is 6.54 Å². The number of sulfonamides is 1. The molecule has 1 aromatic carbocycles. The molecule has 1 aromatic rings. The Bertz CT molecular complexity index is 693. The van der Waals surface area contributed by atoms with E-state index in [0.29, 0.717) is 19.3 Å². The van der Waals surface area contributed by atoms with Crippen molar-refractivity contribution in [3.05, 3.63) is 28.2 Å². The van der Waals surface area contributed by atoms with Gasteiger partial charge in [0.15, 0.2) is 5.78 Å². The maximum atomic E-state index is 12.6. The Hall–Kier alpha value is -1.15. The molecule has 1 unspecified atom stereocenters. The number of hydrogen-bond acceptors (Lipinski definition) is 4. The fourth-order valence-corrected chi connectivity index (χ4v) is 4.08. The summed E-state index contributed by atoms with van der Waals surface area (Å²) < 4.78 is 26.3. The van der Waals surface area contributed by atoms with Crippen molar-refractivity contribution in [2.45, 2.75) is 23.8 Å². The van der Waals surface area contributed by atoms with Gasteiger partial charge in [0.1, 0.15) is 0 Å². The van der Waals surface area contributed by atoms with Gasteiger partial charge >= 0.3 is 0 Å². The lowest BCUT2D eigenvalue weighted by Crippen LogP contribution is -2.41. The zero-order valence-electron chi connectivity index (χ0n) is 11.5. The van der Waals surface area contributed by atoms with Gasteiger partial charge in [0.05, 0.1) is 27.5 Å². The first kappa shape index (κ1) is 17.2. The minimum atomic E-state index is -3.84. The maximum Gasteiger partial charge on any atom is 0.243 e. The number of carbonyl (C=O) groups is 2. The van der Waals surface area contributed by atoms with Crippen LogP contribution >= 0.6 is 23.2 Å². The van der Waals surface area contributed by atoms with E-state index in [0.717, 1.165) is 4.31 Å². The van der Waals surface area contributed by atoms with Crippen LogP contribution < -0.4 is 5.32 Å². The van der Waals surface area contributed by atoms with Crippen LogP contribution in [0.15, 0.2) is 23.1 Å². The molecular weight excluding hydrogens is 351 g/mol.